The van der Waals surface area contributed by atoms with Crippen molar-refractivity contribution in [2.24, 2.45) is 5.73 Å². The lowest BCUT2D eigenvalue weighted by atomic mass is 10.0. The molecule has 104 valence electrons. The first kappa shape index (κ1) is 13.2. The first-order valence-corrected chi connectivity index (χ1v) is 6.84. The summed E-state index contributed by atoms with van der Waals surface area (Å²) < 4.78 is 11.6. The van der Waals surface area contributed by atoms with Gasteiger partial charge >= 0.3 is 0 Å². The van der Waals surface area contributed by atoms with Crippen LogP contribution in [0.3, 0.4) is 0 Å². The fourth-order valence-electron chi connectivity index (χ4n) is 2.20. The first-order chi connectivity index (χ1) is 9.74. The molecular weight excluding hydrogens is 276 g/mol. The SMILES string of the molecule is NC(Cc1ccncc1Cl)C1COc2ccccc2O1. The fraction of sp³-hybridized carbons (Fsp3) is 0.267. The molecule has 1 aliphatic heterocycles. The van der Waals surface area contributed by atoms with Crippen LogP contribution < -0.4 is 15.2 Å². The van der Waals surface area contributed by atoms with Crippen LogP contribution in [0.25, 0.3) is 0 Å². The van der Waals surface area contributed by atoms with Crippen molar-refractivity contribution in [3.8, 4) is 11.5 Å². The third-order valence-corrected chi connectivity index (χ3v) is 3.66. The molecule has 1 aromatic heterocycles. The number of para-hydroxylation sites is 2. The number of pyridine rings is 1. The van der Waals surface area contributed by atoms with Crippen molar-refractivity contribution in [1.82, 2.24) is 4.98 Å². The van der Waals surface area contributed by atoms with Gasteiger partial charge in [0.2, 0.25) is 0 Å². The van der Waals surface area contributed by atoms with E-state index in [1.54, 1.807) is 12.4 Å². The Bertz CT molecular complexity index is 606. The van der Waals surface area contributed by atoms with Crippen LogP contribution in [0.15, 0.2) is 42.7 Å². The number of benzene rings is 1. The molecule has 2 N–H and O–H groups in total. The number of nitrogens with two attached hydrogens (primary N) is 1. The molecule has 4 nitrogen and oxygen atoms in total. The smallest absolute Gasteiger partial charge is 0.161 e. The highest BCUT2D eigenvalue weighted by molar-refractivity contribution is 6.31. The highest BCUT2D eigenvalue weighted by atomic mass is 35.5. The van der Waals surface area contributed by atoms with Gasteiger partial charge < -0.3 is 15.2 Å². The molecule has 2 unspecified atom stereocenters. The summed E-state index contributed by atoms with van der Waals surface area (Å²) in [5.41, 5.74) is 7.19. The van der Waals surface area contributed by atoms with Crippen LogP contribution in [0, 0.1) is 0 Å². The summed E-state index contributed by atoms with van der Waals surface area (Å²) in [5, 5.41) is 0.625. The summed E-state index contributed by atoms with van der Waals surface area (Å²) in [6.07, 6.45) is 3.77. The monoisotopic (exact) mass is 290 g/mol. The molecule has 0 aliphatic carbocycles. The zero-order valence-corrected chi connectivity index (χ0v) is 11.6. The van der Waals surface area contributed by atoms with Gasteiger partial charge in [0.1, 0.15) is 12.7 Å². The van der Waals surface area contributed by atoms with Crippen molar-refractivity contribution >= 4 is 11.6 Å². The normalized spacial score (nSPS) is 18.6. The maximum absolute atomic E-state index is 6.22. The Kier molecular flexibility index (Phi) is 3.76. The Balaban J connectivity index is 1.70. The molecule has 1 aromatic carbocycles. The van der Waals surface area contributed by atoms with Crippen LogP contribution in [0.2, 0.25) is 5.02 Å². The molecule has 5 heteroatoms. The fourth-order valence-corrected chi connectivity index (χ4v) is 2.40. The lowest BCUT2D eigenvalue weighted by molar-refractivity contribution is 0.0723. The summed E-state index contributed by atoms with van der Waals surface area (Å²) in [6, 6.07) is 9.28. The maximum atomic E-state index is 6.22. The summed E-state index contributed by atoms with van der Waals surface area (Å²) in [4.78, 5) is 3.97. The van der Waals surface area contributed by atoms with Gasteiger partial charge in [-0.15, -0.1) is 0 Å². The standard InChI is InChI=1S/C15H15ClN2O2/c16-11-8-18-6-5-10(11)7-12(17)15-9-19-13-3-1-2-4-14(13)20-15/h1-6,8,12,15H,7,9,17H2. The van der Waals surface area contributed by atoms with Gasteiger partial charge in [-0.05, 0) is 30.2 Å². The molecule has 0 saturated heterocycles. The van der Waals surface area contributed by atoms with Crippen LogP contribution in [0.4, 0.5) is 0 Å². The zero-order valence-electron chi connectivity index (χ0n) is 10.8. The number of hydrogen-bond acceptors (Lipinski definition) is 4. The van der Waals surface area contributed by atoms with E-state index in [9.17, 15) is 0 Å². The predicted octanol–water partition coefficient (Wildman–Crippen LogP) is 2.44. The average molecular weight is 291 g/mol. The van der Waals surface area contributed by atoms with Crippen molar-refractivity contribution in [2.75, 3.05) is 6.61 Å². The highest BCUT2D eigenvalue weighted by Gasteiger charge is 2.26. The molecule has 1 aliphatic rings. The Morgan fingerprint density at radius 3 is 2.90 bits per heavy atom. The van der Waals surface area contributed by atoms with Crippen molar-refractivity contribution in [2.45, 2.75) is 18.6 Å². The van der Waals surface area contributed by atoms with E-state index < -0.39 is 0 Å². The number of aromatic nitrogens is 1. The van der Waals surface area contributed by atoms with Crippen LogP contribution >= 0.6 is 11.6 Å². The summed E-state index contributed by atoms with van der Waals surface area (Å²) in [5.74, 6) is 1.50. The minimum Gasteiger partial charge on any atom is -0.486 e. The van der Waals surface area contributed by atoms with E-state index in [1.807, 2.05) is 30.3 Å². The van der Waals surface area contributed by atoms with E-state index in [0.717, 1.165) is 17.1 Å². The van der Waals surface area contributed by atoms with Crippen molar-refractivity contribution < 1.29 is 9.47 Å². The van der Waals surface area contributed by atoms with Gasteiger partial charge in [0, 0.05) is 18.4 Å². The highest BCUT2D eigenvalue weighted by Crippen LogP contribution is 2.31. The second-order valence-corrected chi connectivity index (χ2v) is 5.16. The molecule has 0 bridgehead atoms. The van der Waals surface area contributed by atoms with Crippen LogP contribution in [0.1, 0.15) is 5.56 Å². The quantitative estimate of drug-likeness (QED) is 0.943. The van der Waals surface area contributed by atoms with Crippen molar-refractivity contribution in [3.63, 3.8) is 0 Å². The molecular formula is C15H15ClN2O2. The van der Waals surface area contributed by atoms with E-state index in [4.69, 9.17) is 26.8 Å². The summed E-state index contributed by atoms with van der Waals surface area (Å²) >= 11 is 6.10. The van der Waals surface area contributed by atoms with Gasteiger partial charge in [-0.2, -0.15) is 0 Å². The molecule has 2 atom stereocenters. The number of ether oxygens (including phenoxy) is 2. The zero-order chi connectivity index (χ0) is 13.9. The largest absolute Gasteiger partial charge is 0.486 e. The van der Waals surface area contributed by atoms with Gasteiger partial charge in [0.05, 0.1) is 5.02 Å². The summed E-state index contributed by atoms with van der Waals surface area (Å²) in [6.45, 7) is 0.445. The maximum Gasteiger partial charge on any atom is 0.161 e. The second-order valence-electron chi connectivity index (χ2n) is 4.75. The Morgan fingerprint density at radius 2 is 2.10 bits per heavy atom. The number of halogens is 1. The van der Waals surface area contributed by atoms with Crippen molar-refractivity contribution in [3.05, 3.63) is 53.3 Å². The first-order valence-electron chi connectivity index (χ1n) is 6.46. The van der Waals surface area contributed by atoms with Crippen LogP contribution in [-0.4, -0.2) is 23.7 Å². The van der Waals surface area contributed by atoms with Gasteiger partial charge in [0.25, 0.3) is 0 Å². The average Bonchev–Trinajstić information content (AvgIpc) is 2.49. The van der Waals surface area contributed by atoms with E-state index >= 15 is 0 Å². The van der Waals surface area contributed by atoms with Crippen LogP contribution in [-0.2, 0) is 6.42 Å². The third kappa shape index (κ3) is 2.71. The number of hydrogen-bond donors (Lipinski definition) is 1. The predicted molar refractivity (Wildman–Crippen MR) is 77.3 cm³/mol. The molecule has 2 aromatic rings. The molecule has 20 heavy (non-hydrogen) atoms. The third-order valence-electron chi connectivity index (χ3n) is 3.32. The molecule has 0 fully saturated rings. The van der Waals surface area contributed by atoms with E-state index in [0.29, 0.717) is 18.1 Å². The van der Waals surface area contributed by atoms with Gasteiger partial charge in [-0.1, -0.05) is 23.7 Å². The van der Waals surface area contributed by atoms with Crippen LogP contribution in [0.5, 0.6) is 11.5 Å². The Hall–Kier alpha value is -1.78. The summed E-state index contributed by atoms with van der Waals surface area (Å²) in [7, 11) is 0. The number of rotatable bonds is 3. The Morgan fingerprint density at radius 1 is 1.30 bits per heavy atom. The van der Waals surface area contributed by atoms with Gasteiger partial charge in [-0.3, -0.25) is 4.98 Å². The molecule has 2 heterocycles. The van der Waals surface area contributed by atoms with Gasteiger partial charge in [-0.25, -0.2) is 0 Å². The lowest BCUT2D eigenvalue weighted by Gasteiger charge is -2.30. The second kappa shape index (κ2) is 5.69. The molecule has 0 amide bonds. The minimum absolute atomic E-state index is 0.186. The molecule has 0 radical (unpaired) electrons. The minimum atomic E-state index is -0.191. The number of nitrogens with zero attached hydrogens (tertiary/aromatic N) is 1. The molecule has 0 spiro atoms. The van der Waals surface area contributed by atoms with E-state index in [-0.39, 0.29) is 12.1 Å². The number of fused-ring (bicyclic) bond motifs is 1. The Labute approximate surface area is 122 Å². The lowest BCUT2D eigenvalue weighted by Crippen LogP contribution is -2.46. The van der Waals surface area contributed by atoms with Crippen molar-refractivity contribution in [1.29, 1.82) is 0 Å². The topological polar surface area (TPSA) is 57.4 Å². The molecule has 3 rings (SSSR count). The van der Waals surface area contributed by atoms with Gasteiger partial charge in [0.15, 0.2) is 11.5 Å². The van der Waals surface area contributed by atoms with E-state index in [1.165, 1.54) is 0 Å². The molecule has 0 saturated carbocycles. The van der Waals surface area contributed by atoms with E-state index in [2.05, 4.69) is 4.98 Å².